The number of nitrogens with one attached hydrogen (secondary N) is 1. The minimum absolute atomic E-state index is 0.00446. The van der Waals surface area contributed by atoms with Gasteiger partial charge in [-0.25, -0.2) is 4.98 Å². The summed E-state index contributed by atoms with van der Waals surface area (Å²) in [5.74, 6) is 1.12. The number of imidazole rings is 1. The molecule has 0 fully saturated rings. The fourth-order valence-corrected chi connectivity index (χ4v) is 3.88. The highest BCUT2D eigenvalue weighted by molar-refractivity contribution is 7.99. The molecule has 130 valence electrons. The molecule has 1 unspecified atom stereocenters. The SMILES string of the molecule is COc1ccc(-n2ccnc2SCC(=O)NC(C)c2cccs2)cc1. The van der Waals surface area contributed by atoms with Crippen molar-refractivity contribution in [1.82, 2.24) is 14.9 Å². The topological polar surface area (TPSA) is 56.2 Å². The molecule has 0 aliphatic rings. The molecule has 25 heavy (non-hydrogen) atoms. The second-order valence-corrected chi connectivity index (χ2v) is 7.29. The average molecular weight is 374 g/mol. The molecule has 0 aliphatic heterocycles. The summed E-state index contributed by atoms with van der Waals surface area (Å²) < 4.78 is 7.14. The van der Waals surface area contributed by atoms with Crippen LogP contribution in [0.5, 0.6) is 5.75 Å². The van der Waals surface area contributed by atoms with E-state index in [4.69, 9.17) is 4.74 Å². The quantitative estimate of drug-likeness (QED) is 0.638. The van der Waals surface area contributed by atoms with Crippen LogP contribution in [-0.4, -0.2) is 28.3 Å². The van der Waals surface area contributed by atoms with Crippen molar-refractivity contribution in [3.63, 3.8) is 0 Å². The van der Waals surface area contributed by atoms with Crippen molar-refractivity contribution in [2.45, 2.75) is 18.1 Å². The second-order valence-electron chi connectivity index (χ2n) is 5.37. The Morgan fingerprint density at radius 1 is 1.36 bits per heavy atom. The lowest BCUT2D eigenvalue weighted by molar-refractivity contribution is -0.119. The summed E-state index contributed by atoms with van der Waals surface area (Å²) in [5.41, 5.74) is 0.980. The van der Waals surface area contributed by atoms with Crippen molar-refractivity contribution in [2.75, 3.05) is 12.9 Å². The standard InChI is InChI=1S/C18H19N3O2S2/c1-13(16-4-3-11-24-16)20-17(22)12-25-18-19-9-10-21(18)14-5-7-15(23-2)8-6-14/h3-11,13H,12H2,1-2H3,(H,20,22). The number of carbonyl (C=O) groups is 1. The minimum Gasteiger partial charge on any atom is -0.497 e. The van der Waals surface area contributed by atoms with Gasteiger partial charge < -0.3 is 10.1 Å². The third-order valence-corrected chi connectivity index (χ3v) is 5.66. The number of hydrogen-bond acceptors (Lipinski definition) is 5. The number of hydrogen-bond donors (Lipinski definition) is 1. The summed E-state index contributed by atoms with van der Waals surface area (Å²) in [6.45, 7) is 1.99. The third kappa shape index (κ3) is 4.43. The van der Waals surface area contributed by atoms with Crippen LogP contribution in [0.25, 0.3) is 5.69 Å². The zero-order valence-electron chi connectivity index (χ0n) is 14.0. The predicted octanol–water partition coefficient (Wildman–Crippen LogP) is 3.91. The van der Waals surface area contributed by atoms with Crippen molar-refractivity contribution in [3.05, 3.63) is 59.0 Å². The Labute approximate surface area is 155 Å². The highest BCUT2D eigenvalue weighted by atomic mass is 32.2. The van der Waals surface area contributed by atoms with E-state index in [1.807, 2.05) is 59.5 Å². The first-order valence-electron chi connectivity index (χ1n) is 7.80. The first kappa shape index (κ1) is 17.6. The van der Waals surface area contributed by atoms with Crippen molar-refractivity contribution >= 4 is 29.0 Å². The van der Waals surface area contributed by atoms with Gasteiger partial charge in [0.05, 0.1) is 18.9 Å². The van der Waals surface area contributed by atoms with E-state index in [9.17, 15) is 4.79 Å². The molecule has 0 radical (unpaired) electrons. The van der Waals surface area contributed by atoms with Crippen LogP contribution in [0.1, 0.15) is 17.8 Å². The van der Waals surface area contributed by atoms with Crippen LogP contribution < -0.4 is 10.1 Å². The largest absolute Gasteiger partial charge is 0.497 e. The fraction of sp³-hybridized carbons (Fsp3) is 0.222. The minimum atomic E-state index is -0.00446. The van der Waals surface area contributed by atoms with Crippen LogP contribution in [-0.2, 0) is 4.79 Å². The Balaban J connectivity index is 1.60. The van der Waals surface area contributed by atoms with E-state index in [2.05, 4.69) is 10.3 Å². The van der Waals surface area contributed by atoms with Crippen molar-refractivity contribution in [3.8, 4) is 11.4 Å². The maximum absolute atomic E-state index is 12.2. The molecule has 0 aliphatic carbocycles. The molecular formula is C18H19N3O2S2. The van der Waals surface area contributed by atoms with Crippen LogP contribution in [0.3, 0.4) is 0 Å². The summed E-state index contributed by atoms with van der Waals surface area (Å²) in [5, 5.41) is 5.81. The van der Waals surface area contributed by atoms with Crippen molar-refractivity contribution in [1.29, 1.82) is 0 Å². The molecule has 1 atom stereocenters. The van der Waals surface area contributed by atoms with Gasteiger partial charge in [0.1, 0.15) is 5.75 Å². The van der Waals surface area contributed by atoms with Gasteiger partial charge in [-0.2, -0.15) is 0 Å². The highest BCUT2D eigenvalue weighted by Crippen LogP contribution is 2.23. The second kappa shape index (κ2) is 8.22. The zero-order chi connectivity index (χ0) is 17.6. The molecule has 1 N–H and O–H groups in total. The molecule has 0 bridgehead atoms. The van der Waals surface area contributed by atoms with Gasteiger partial charge in [0.25, 0.3) is 0 Å². The summed E-state index contributed by atoms with van der Waals surface area (Å²) in [7, 11) is 1.64. The zero-order valence-corrected chi connectivity index (χ0v) is 15.6. The molecule has 0 spiro atoms. The van der Waals surface area contributed by atoms with E-state index in [1.54, 1.807) is 24.6 Å². The van der Waals surface area contributed by atoms with Gasteiger partial charge in [0.15, 0.2) is 5.16 Å². The molecule has 0 saturated carbocycles. The van der Waals surface area contributed by atoms with Gasteiger partial charge in [-0.1, -0.05) is 17.8 Å². The van der Waals surface area contributed by atoms with E-state index < -0.39 is 0 Å². The molecule has 1 amide bonds. The Hall–Kier alpha value is -2.25. The van der Waals surface area contributed by atoms with Crippen LogP contribution in [0.2, 0.25) is 0 Å². The summed E-state index contributed by atoms with van der Waals surface area (Å²) in [4.78, 5) is 17.7. The maximum Gasteiger partial charge on any atom is 0.230 e. The first-order valence-corrected chi connectivity index (χ1v) is 9.67. The lowest BCUT2D eigenvalue weighted by Crippen LogP contribution is -2.27. The Bertz CT molecular complexity index is 813. The Morgan fingerprint density at radius 2 is 2.16 bits per heavy atom. The first-order chi connectivity index (χ1) is 12.2. The molecule has 5 nitrogen and oxygen atoms in total. The van der Waals surface area contributed by atoms with Crippen LogP contribution in [0.15, 0.2) is 59.3 Å². The van der Waals surface area contributed by atoms with E-state index in [-0.39, 0.29) is 11.9 Å². The number of aromatic nitrogens is 2. The van der Waals surface area contributed by atoms with Crippen LogP contribution in [0.4, 0.5) is 0 Å². The number of rotatable bonds is 7. The van der Waals surface area contributed by atoms with E-state index >= 15 is 0 Å². The third-order valence-electron chi connectivity index (χ3n) is 3.64. The van der Waals surface area contributed by atoms with Gasteiger partial charge in [0, 0.05) is 23.0 Å². The molecule has 2 aromatic heterocycles. The molecule has 2 heterocycles. The lowest BCUT2D eigenvalue weighted by atomic mass is 10.3. The average Bonchev–Trinajstić information content (AvgIpc) is 3.31. The predicted molar refractivity (Wildman–Crippen MR) is 102 cm³/mol. The van der Waals surface area contributed by atoms with Gasteiger partial charge in [-0.05, 0) is 42.6 Å². The normalized spacial score (nSPS) is 11.9. The van der Waals surface area contributed by atoms with E-state index in [0.29, 0.717) is 5.75 Å². The van der Waals surface area contributed by atoms with Crippen molar-refractivity contribution < 1.29 is 9.53 Å². The van der Waals surface area contributed by atoms with Gasteiger partial charge in [-0.3, -0.25) is 9.36 Å². The molecule has 7 heteroatoms. The molecule has 3 aromatic rings. The molecular weight excluding hydrogens is 354 g/mol. The van der Waals surface area contributed by atoms with Gasteiger partial charge in [-0.15, -0.1) is 11.3 Å². The van der Waals surface area contributed by atoms with Gasteiger partial charge >= 0.3 is 0 Å². The summed E-state index contributed by atoms with van der Waals surface area (Å²) in [6, 6.07) is 11.8. The molecule has 0 saturated heterocycles. The Kier molecular flexibility index (Phi) is 5.78. The lowest BCUT2D eigenvalue weighted by Gasteiger charge is -2.12. The summed E-state index contributed by atoms with van der Waals surface area (Å²) >= 11 is 3.06. The Morgan fingerprint density at radius 3 is 2.84 bits per heavy atom. The fourth-order valence-electron chi connectivity index (χ4n) is 2.36. The summed E-state index contributed by atoms with van der Waals surface area (Å²) in [6.07, 6.45) is 3.62. The number of ether oxygens (including phenoxy) is 1. The number of methoxy groups -OCH3 is 1. The number of benzene rings is 1. The highest BCUT2D eigenvalue weighted by Gasteiger charge is 2.13. The number of amides is 1. The molecule has 1 aromatic carbocycles. The number of carbonyl (C=O) groups excluding carboxylic acids is 1. The van der Waals surface area contributed by atoms with E-state index in [1.165, 1.54) is 11.8 Å². The smallest absolute Gasteiger partial charge is 0.230 e. The van der Waals surface area contributed by atoms with Crippen LogP contribution >= 0.6 is 23.1 Å². The van der Waals surface area contributed by atoms with Crippen molar-refractivity contribution in [2.24, 2.45) is 0 Å². The maximum atomic E-state index is 12.2. The van der Waals surface area contributed by atoms with Gasteiger partial charge in [0.2, 0.25) is 5.91 Å². The van der Waals surface area contributed by atoms with Crippen LogP contribution in [0, 0.1) is 0 Å². The molecule has 3 rings (SSSR count). The van der Waals surface area contributed by atoms with E-state index in [0.717, 1.165) is 21.5 Å². The number of nitrogens with zero attached hydrogens (tertiary/aromatic N) is 2. The number of thioether (sulfide) groups is 1. The monoisotopic (exact) mass is 373 g/mol. The number of thiophene rings is 1.